The van der Waals surface area contributed by atoms with Crippen molar-refractivity contribution in [1.82, 2.24) is 5.32 Å². The van der Waals surface area contributed by atoms with Crippen molar-refractivity contribution in [2.24, 2.45) is 11.8 Å². The third-order valence-corrected chi connectivity index (χ3v) is 3.39. The van der Waals surface area contributed by atoms with Gasteiger partial charge in [0.05, 0.1) is 0 Å². The van der Waals surface area contributed by atoms with Crippen LogP contribution in [0.2, 0.25) is 0 Å². The number of rotatable bonds is 6. The van der Waals surface area contributed by atoms with Gasteiger partial charge in [0.15, 0.2) is 0 Å². The van der Waals surface area contributed by atoms with Crippen molar-refractivity contribution in [3.8, 4) is 0 Å². The van der Waals surface area contributed by atoms with Gasteiger partial charge in [-0.25, -0.2) is 0 Å². The van der Waals surface area contributed by atoms with Gasteiger partial charge in [-0.15, -0.1) is 11.6 Å². The summed E-state index contributed by atoms with van der Waals surface area (Å²) in [6.07, 6.45) is 6.66. The summed E-state index contributed by atoms with van der Waals surface area (Å²) >= 11 is 5.55. The average molecular weight is 216 g/mol. The van der Waals surface area contributed by atoms with Crippen LogP contribution in [-0.2, 0) is 4.79 Å². The maximum Gasteiger partial charge on any atom is 0.220 e. The van der Waals surface area contributed by atoms with E-state index < -0.39 is 0 Å². The fourth-order valence-electron chi connectivity index (χ4n) is 2.02. The van der Waals surface area contributed by atoms with Crippen molar-refractivity contribution in [2.75, 3.05) is 5.88 Å². The summed E-state index contributed by atoms with van der Waals surface area (Å²) in [6, 6.07) is 0.498. The molecule has 2 aliphatic carbocycles. The Morgan fingerprint density at radius 1 is 1.29 bits per heavy atom. The summed E-state index contributed by atoms with van der Waals surface area (Å²) in [7, 11) is 0. The third-order valence-electron chi connectivity index (χ3n) is 3.12. The fourth-order valence-corrected chi connectivity index (χ4v) is 2.15. The number of hydrogen-bond acceptors (Lipinski definition) is 1. The number of amides is 1. The predicted molar refractivity (Wildman–Crippen MR) is 57.3 cm³/mol. The molecule has 3 heteroatoms. The summed E-state index contributed by atoms with van der Waals surface area (Å²) < 4.78 is 0. The van der Waals surface area contributed by atoms with Gasteiger partial charge >= 0.3 is 0 Å². The molecule has 0 bridgehead atoms. The molecular formula is C11H18ClNO. The van der Waals surface area contributed by atoms with E-state index in [9.17, 15) is 4.79 Å². The normalized spacial score (nSPS) is 21.3. The summed E-state index contributed by atoms with van der Waals surface area (Å²) in [4.78, 5) is 11.5. The highest BCUT2D eigenvalue weighted by atomic mass is 35.5. The highest BCUT2D eigenvalue weighted by Gasteiger charge is 2.41. The number of carbonyl (C=O) groups excluding carboxylic acids is 1. The summed E-state index contributed by atoms with van der Waals surface area (Å²) in [5.74, 6) is 2.38. The predicted octanol–water partition coefficient (Wildman–Crippen LogP) is 2.31. The van der Waals surface area contributed by atoms with E-state index in [1.165, 1.54) is 25.7 Å². The van der Waals surface area contributed by atoms with Crippen molar-refractivity contribution in [3.05, 3.63) is 0 Å². The van der Waals surface area contributed by atoms with Crippen LogP contribution in [0.3, 0.4) is 0 Å². The van der Waals surface area contributed by atoms with Gasteiger partial charge in [0, 0.05) is 18.3 Å². The molecule has 0 unspecified atom stereocenters. The molecule has 0 heterocycles. The number of halogens is 1. The van der Waals surface area contributed by atoms with Gasteiger partial charge in [-0.1, -0.05) is 0 Å². The molecule has 0 aromatic heterocycles. The minimum Gasteiger partial charge on any atom is -0.353 e. The Labute approximate surface area is 90.4 Å². The largest absolute Gasteiger partial charge is 0.353 e. The third kappa shape index (κ3) is 2.88. The molecule has 80 valence electrons. The average Bonchev–Trinajstić information content (AvgIpc) is 3.04. The van der Waals surface area contributed by atoms with Crippen molar-refractivity contribution < 1.29 is 4.79 Å². The van der Waals surface area contributed by atoms with Gasteiger partial charge in [0.2, 0.25) is 5.91 Å². The molecule has 0 saturated heterocycles. The molecule has 0 atom stereocenters. The minimum absolute atomic E-state index is 0.203. The van der Waals surface area contributed by atoms with Crippen LogP contribution < -0.4 is 5.32 Å². The molecule has 2 saturated carbocycles. The zero-order valence-corrected chi connectivity index (χ0v) is 9.22. The van der Waals surface area contributed by atoms with Crippen molar-refractivity contribution >= 4 is 17.5 Å². The van der Waals surface area contributed by atoms with Crippen molar-refractivity contribution in [3.63, 3.8) is 0 Å². The van der Waals surface area contributed by atoms with E-state index in [0.29, 0.717) is 18.3 Å². The maximum atomic E-state index is 11.5. The number of hydrogen-bond donors (Lipinski definition) is 1. The van der Waals surface area contributed by atoms with Crippen LogP contribution >= 0.6 is 11.6 Å². The quantitative estimate of drug-likeness (QED) is 0.677. The van der Waals surface area contributed by atoms with Crippen molar-refractivity contribution in [2.45, 2.75) is 44.6 Å². The van der Waals surface area contributed by atoms with Crippen LogP contribution in [0, 0.1) is 11.8 Å². The van der Waals surface area contributed by atoms with Crippen LogP contribution in [0.1, 0.15) is 38.5 Å². The van der Waals surface area contributed by atoms with Crippen molar-refractivity contribution in [1.29, 1.82) is 0 Å². The van der Waals surface area contributed by atoms with E-state index in [1.54, 1.807) is 0 Å². The van der Waals surface area contributed by atoms with Crippen LogP contribution in [0.5, 0.6) is 0 Å². The van der Waals surface area contributed by atoms with E-state index >= 15 is 0 Å². The van der Waals surface area contributed by atoms with Crippen LogP contribution in [0.4, 0.5) is 0 Å². The molecule has 1 N–H and O–H groups in total. The highest BCUT2D eigenvalue weighted by Crippen LogP contribution is 2.44. The molecule has 0 aromatic rings. The standard InChI is InChI=1S/C11H18ClNO/c12-7-1-2-10(14)13-11(8-3-4-8)9-5-6-9/h8-9,11H,1-7H2,(H,13,14). The fraction of sp³-hybridized carbons (Fsp3) is 0.909. The van der Waals surface area contributed by atoms with Gasteiger partial charge in [0.25, 0.3) is 0 Å². The smallest absolute Gasteiger partial charge is 0.220 e. The monoisotopic (exact) mass is 215 g/mol. The summed E-state index contributed by atoms with van der Waals surface area (Å²) in [5, 5.41) is 3.18. The van der Waals surface area contributed by atoms with Crippen LogP contribution in [0.15, 0.2) is 0 Å². The van der Waals surface area contributed by atoms with E-state index in [0.717, 1.165) is 18.3 Å². The summed E-state index contributed by atoms with van der Waals surface area (Å²) in [6.45, 7) is 0. The second-order valence-electron chi connectivity index (χ2n) is 4.56. The second kappa shape index (κ2) is 4.52. The first-order chi connectivity index (χ1) is 6.81. The molecule has 2 rings (SSSR count). The van der Waals surface area contributed by atoms with Gasteiger partial charge in [-0.3, -0.25) is 4.79 Å². The lowest BCUT2D eigenvalue weighted by Gasteiger charge is -2.17. The molecule has 0 aromatic carbocycles. The van der Waals surface area contributed by atoms with Crippen LogP contribution in [0.25, 0.3) is 0 Å². The molecule has 14 heavy (non-hydrogen) atoms. The molecular weight excluding hydrogens is 198 g/mol. The Hall–Kier alpha value is -0.240. The van der Waals surface area contributed by atoms with Gasteiger partial charge < -0.3 is 5.32 Å². The molecule has 1 amide bonds. The number of alkyl halides is 1. The Balaban J connectivity index is 1.72. The minimum atomic E-state index is 0.203. The lowest BCUT2D eigenvalue weighted by molar-refractivity contribution is -0.122. The SMILES string of the molecule is O=C(CCCCl)NC(C1CC1)C1CC1. The molecule has 0 spiro atoms. The van der Waals surface area contributed by atoms with E-state index in [4.69, 9.17) is 11.6 Å². The lowest BCUT2D eigenvalue weighted by atomic mass is 10.1. The van der Waals surface area contributed by atoms with Gasteiger partial charge in [-0.2, -0.15) is 0 Å². The van der Waals surface area contributed by atoms with Crippen LogP contribution in [-0.4, -0.2) is 17.8 Å². The highest BCUT2D eigenvalue weighted by molar-refractivity contribution is 6.17. The van der Waals surface area contributed by atoms with Gasteiger partial charge in [-0.05, 0) is 43.9 Å². The second-order valence-corrected chi connectivity index (χ2v) is 4.94. The van der Waals surface area contributed by atoms with E-state index in [1.807, 2.05) is 0 Å². The lowest BCUT2D eigenvalue weighted by Crippen LogP contribution is -2.37. The van der Waals surface area contributed by atoms with Gasteiger partial charge in [0.1, 0.15) is 0 Å². The van der Waals surface area contributed by atoms with E-state index in [-0.39, 0.29) is 5.91 Å². The first-order valence-electron chi connectivity index (χ1n) is 5.66. The first-order valence-corrected chi connectivity index (χ1v) is 6.20. The Morgan fingerprint density at radius 3 is 2.29 bits per heavy atom. The Kier molecular flexibility index (Phi) is 3.32. The molecule has 2 nitrogen and oxygen atoms in total. The van der Waals surface area contributed by atoms with E-state index in [2.05, 4.69) is 5.32 Å². The summed E-state index contributed by atoms with van der Waals surface area (Å²) in [5.41, 5.74) is 0. The molecule has 2 aliphatic rings. The Morgan fingerprint density at radius 2 is 1.86 bits per heavy atom. The number of nitrogens with one attached hydrogen (secondary N) is 1. The zero-order chi connectivity index (χ0) is 9.97. The zero-order valence-electron chi connectivity index (χ0n) is 8.47. The molecule has 2 fully saturated rings. The maximum absolute atomic E-state index is 11.5. The number of carbonyl (C=O) groups is 1. The first kappa shape index (κ1) is 10.3. The molecule has 0 aliphatic heterocycles. The topological polar surface area (TPSA) is 29.1 Å². The molecule has 0 radical (unpaired) electrons. The Bertz CT molecular complexity index is 199.